The van der Waals surface area contributed by atoms with Gasteiger partial charge in [-0.1, -0.05) is 24.3 Å². The lowest BCUT2D eigenvalue weighted by atomic mass is 9.83. The number of halogens is 3. The predicted octanol–water partition coefficient (Wildman–Crippen LogP) is 5.39. The molecule has 1 aromatic heterocycles. The number of carboxylic acid groups (broad SMARTS) is 1. The molecule has 218 valence electrons. The number of imidazole rings is 1. The lowest BCUT2D eigenvalue weighted by Gasteiger charge is -2.38. The number of amides is 1. The van der Waals surface area contributed by atoms with Gasteiger partial charge >= 0.3 is 24.3 Å². The number of nitro groups is 1. The van der Waals surface area contributed by atoms with Crippen molar-refractivity contribution in [3.05, 3.63) is 76.0 Å². The van der Waals surface area contributed by atoms with Crippen LogP contribution in [-0.4, -0.2) is 61.7 Å². The highest BCUT2D eigenvalue weighted by atomic mass is 19.4. The first-order chi connectivity index (χ1) is 19.4. The maximum atomic E-state index is 12.5. The summed E-state index contributed by atoms with van der Waals surface area (Å²) in [6.45, 7) is 2.70. The molecule has 0 radical (unpaired) electrons. The first-order valence-corrected chi connectivity index (χ1v) is 12.8. The normalized spacial score (nSPS) is 22.1. The Balaban J connectivity index is 1.19. The minimum Gasteiger partial charge on any atom is -0.489 e. The second-order valence-electron chi connectivity index (χ2n) is 10.4. The molecule has 2 aliphatic heterocycles. The first-order valence-electron chi connectivity index (χ1n) is 12.8. The Kier molecular flexibility index (Phi) is 7.41. The van der Waals surface area contributed by atoms with Gasteiger partial charge in [0.05, 0.1) is 6.54 Å². The molecule has 1 N–H and O–H groups in total. The molecule has 1 saturated heterocycles. The molecule has 0 spiro atoms. The van der Waals surface area contributed by atoms with E-state index in [9.17, 15) is 33.2 Å². The molecule has 3 unspecified atom stereocenters. The molecule has 2 aliphatic rings. The number of alkyl halides is 3. The van der Waals surface area contributed by atoms with Crippen molar-refractivity contribution in [3.63, 3.8) is 0 Å². The van der Waals surface area contributed by atoms with E-state index in [0.29, 0.717) is 43.7 Å². The fourth-order valence-corrected chi connectivity index (χ4v) is 5.33. The molecule has 2 aromatic carbocycles. The van der Waals surface area contributed by atoms with E-state index in [4.69, 9.17) is 9.47 Å². The predicted molar refractivity (Wildman–Crippen MR) is 137 cm³/mol. The van der Waals surface area contributed by atoms with Gasteiger partial charge in [-0.25, -0.2) is 4.79 Å². The van der Waals surface area contributed by atoms with Gasteiger partial charge in [0.1, 0.15) is 24.3 Å². The number of nitrogens with zero attached hydrogens (tertiary/aromatic N) is 4. The number of hydrogen-bond acceptors (Lipinski definition) is 7. The van der Waals surface area contributed by atoms with Crippen LogP contribution in [0.2, 0.25) is 0 Å². The van der Waals surface area contributed by atoms with Crippen LogP contribution >= 0.6 is 0 Å². The molecular weight excluding hydrogens is 549 g/mol. The van der Waals surface area contributed by atoms with Crippen LogP contribution in [0.5, 0.6) is 17.5 Å². The molecule has 3 heterocycles. The number of piperidine rings is 1. The number of carbonyl (C=O) groups is 1. The largest absolute Gasteiger partial charge is 0.573 e. The first kappa shape index (κ1) is 28.1. The third-order valence-electron chi connectivity index (χ3n) is 7.24. The molecule has 14 heteroatoms. The minimum atomic E-state index is -4.78. The van der Waals surface area contributed by atoms with Gasteiger partial charge in [-0.3, -0.25) is 4.57 Å². The van der Waals surface area contributed by atoms with Crippen LogP contribution in [0.3, 0.4) is 0 Å². The van der Waals surface area contributed by atoms with Gasteiger partial charge in [0, 0.05) is 17.6 Å². The van der Waals surface area contributed by atoms with Gasteiger partial charge in [-0.2, -0.15) is 0 Å². The smallest absolute Gasteiger partial charge is 0.489 e. The zero-order valence-electron chi connectivity index (χ0n) is 21.9. The Morgan fingerprint density at radius 2 is 1.88 bits per heavy atom. The Morgan fingerprint density at radius 1 is 1.20 bits per heavy atom. The molecule has 0 bridgehead atoms. The Hall–Kier alpha value is -4.49. The quantitative estimate of drug-likeness (QED) is 0.279. The van der Waals surface area contributed by atoms with E-state index < -0.39 is 23.0 Å². The van der Waals surface area contributed by atoms with Crippen LogP contribution in [0.15, 0.2) is 54.7 Å². The topological polar surface area (TPSA) is 129 Å². The lowest BCUT2D eigenvalue weighted by molar-refractivity contribution is -0.389. The summed E-state index contributed by atoms with van der Waals surface area (Å²) in [5, 5.41) is 20.6. The van der Waals surface area contributed by atoms with E-state index >= 15 is 0 Å². The van der Waals surface area contributed by atoms with Crippen LogP contribution < -0.4 is 14.2 Å². The number of rotatable bonds is 8. The Labute approximate surface area is 232 Å². The third-order valence-corrected chi connectivity index (χ3v) is 7.24. The average molecular weight is 577 g/mol. The SMILES string of the molecule is CC1(COc2ccc(C3CCN(C(=O)O)C(Cc4ccc(OC(F)(F)F)cc4)C3)cc2)Cn2cc([N+](=O)[O-])nc2O1. The Morgan fingerprint density at radius 3 is 2.49 bits per heavy atom. The van der Waals surface area contributed by atoms with Crippen molar-refractivity contribution in [1.29, 1.82) is 0 Å². The molecule has 3 atom stereocenters. The minimum absolute atomic E-state index is 0.0842. The summed E-state index contributed by atoms with van der Waals surface area (Å²) in [7, 11) is 0. The van der Waals surface area contributed by atoms with Gasteiger partial charge in [0.15, 0.2) is 5.60 Å². The zero-order chi connectivity index (χ0) is 29.4. The number of likely N-dealkylation sites (tertiary alicyclic amines) is 1. The van der Waals surface area contributed by atoms with Crippen LogP contribution in [0.4, 0.5) is 23.8 Å². The third kappa shape index (κ3) is 6.64. The molecule has 5 rings (SSSR count). The maximum Gasteiger partial charge on any atom is 0.573 e. The summed E-state index contributed by atoms with van der Waals surface area (Å²) in [5.41, 5.74) is 0.987. The maximum absolute atomic E-state index is 12.5. The lowest BCUT2D eigenvalue weighted by Crippen LogP contribution is -2.46. The van der Waals surface area contributed by atoms with E-state index in [-0.39, 0.29) is 36.1 Å². The summed E-state index contributed by atoms with van der Waals surface area (Å²) in [6.07, 6.45) is -2.95. The van der Waals surface area contributed by atoms with Crippen molar-refractivity contribution in [3.8, 4) is 17.5 Å². The van der Waals surface area contributed by atoms with Gasteiger partial charge in [-0.05, 0) is 72.4 Å². The molecule has 1 fully saturated rings. The van der Waals surface area contributed by atoms with Gasteiger partial charge in [0.2, 0.25) is 0 Å². The van der Waals surface area contributed by atoms with E-state index in [2.05, 4.69) is 9.72 Å². The number of ether oxygens (including phenoxy) is 3. The zero-order valence-corrected chi connectivity index (χ0v) is 21.9. The Bertz CT molecular complexity index is 1390. The summed E-state index contributed by atoms with van der Waals surface area (Å²) in [5.74, 6) is 0.0859. The van der Waals surface area contributed by atoms with Gasteiger partial charge in [-0.15, -0.1) is 13.2 Å². The fourth-order valence-electron chi connectivity index (χ4n) is 5.33. The molecule has 1 amide bonds. The van der Waals surface area contributed by atoms with Crippen molar-refractivity contribution >= 4 is 11.9 Å². The van der Waals surface area contributed by atoms with Crippen molar-refractivity contribution in [2.75, 3.05) is 13.2 Å². The van der Waals surface area contributed by atoms with Crippen molar-refractivity contribution < 1.29 is 42.2 Å². The number of benzene rings is 2. The summed E-state index contributed by atoms with van der Waals surface area (Å²) in [6, 6.07) is 12.8. The van der Waals surface area contributed by atoms with Crippen LogP contribution in [0.1, 0.15) is 36.8 Å². The number of fused-ring (bicyclic) bond motifs is 1. The van der Waals surface area contributed by atoms with E-state index in [0.717, 1.165) is 5.56 Å². The second kappa shape index (κ2) is 10.8. The highest BCUT2D eigenvalue weighted by Crippen LogP contribution is 2.35. The van der Waals surface area contributed by atoms with Crippen LogP contribution in [-0.2, 0) is 13.0 Å². The summed E-state index contributed by atoms with van der Waals surface area (Å²) in [4.78, 5) is 27.5. The van der Waals surface area contributed by atoms with Crippen molar-refractivity contribution in [2.45, 2.75) is 56.7 Å². The monoisotopic (exact) mass is 576 g/mol. The molecule has 3 aromatic rings. The molecule has 0 saturated carbocycles. The van der Waals surface area contributed by atoms with Crippen molar-refractivity contribution in [2.24, 2.45) is 0 Å². The molecular formula is C27H27F3N4O7. The summed E-state index contributed by atoms with van der Waals surface area (Å²) < 4.78 is 54.6. The van der Waals surface area contributed by atoms with Gasteiger partial charge < -0.3 is 34.3 Å². The second-order valence-corrected chi connectivity index (χ2v) is 10.4. The van der Waals surface area contributed by atoms with E-state index in [1.54, 1.807) is 4.57 Å². The van der Waals surface area contributed by atoms with E-state index in [1.807, 2.05) is 31.2 Å². The molecule has 0 aliphatic carbocycles. The standard InChI is InChI=1S/C27H27F3N4O7/c1-26(15-32-14-23(34(37)38)31-24(32)41-26)16-39-21-8-4-18(5-9-21)19-10-11-33(25(35)36)20(13-19)12-17-2-6-22(7-3-17)40-27(28,29)30/h2-9,14,19-20H,10-13,15-16H2,1H3,(H,35,36). The van der Waals surface area contributed by atoms with Crippen molar-refractivity contribution in [1.82, 2.24) is 14.5 Å². The average Bonchev–Trinajstić information content (AvgIpc) is 3.44. The molecule has 11 nitrogen and oxygen atoms in total. The summed E-state index contributed by atoms with van der Waals surface area (Å²) >= 11 is 0. The van der Waals surface area contributed by atoms with Crippen LogP contribution in [0, 0.1) is 10.1 Å². The molecule has 41 heavy (non-hydrogen) atoms. The highest BCUT2D eigenvalue weighted by Gasteiger charge is 2.41. The highest BCUT2D eigenvalue weighted by molar-refractivity contribution is 5.65. The number of hydrogen-bond donors (Lipinski definition) is 1. The van der Waals surface area contributed by atoms with E-state index in [1.165, 1.54) is 35.4 Å². The van der Waals surface area contributed by atoms with Crippen LogP contribution in [0.25, 0.3) is 0 Å². The van der Waals surface area contributed by atoms with Gasteiger partial charge in [0.25, 0.3) is 0 Å². The fraction of sp³-hybridized carbons (Fsp3) is 0.407. The number of aromatic nitrogens is 2.